The molecule has 86 valence electrons. The van der Waals surface area contributed by atoms with Crippen LogP contribution >= 0.6 is 11.6 Å². The van der Waals surface area contributed by atoms with Gasteiger partial charge in [0.25, 0.3) is 0 Å². The number of hydrogen-bond donors (Lipinski definition) is 2. The van der Waals surface area contributed by atoms with Crippen LogP contribution in [-0.4, -0.2) is 10.2 Å². The van der Waals surface area contributed by atoms with Crippen LogP contribution in [-0.2, 0) is 6.54 Å². The molecule has 4 nitrogen and oxygen atoms in total. The number of hydrogen-bond acceptors (Lipinski definition) is 3. The fraction of sp³-hybridized carbons (Fsp3) is 0.0833. The van der Waals surface area contributed by atoms with Gasteiger partial charge in [-0.05, 0) is 41.9 Å². The van der Waals surface area contributed by atoms with Crippen molar-refractivity contribution in [2.45, 2.75) is 6.54 Å². The van der Waals surface area contributed by atoms with Crippen LogP contribution < -0.4 is 5.32 Å². The number of nitrogens with one attached hydrogen (secondary N) is 2. The summed E-state index contributed by atoms with van der Waals surface area (Å²) in [6.07, 6.45) is 1.80. The van der Waals surface area contributed by atoms with E-state index in [0.29, 0.717) is 11.8 Å². The van der Waals surface area contributed by atoms with E-state index in [0.717, 1.165) is 22.4 Å². The van der Waals surface area contributed by atoms with Gasteiger partial charge in [0.1, 0.15) is 5.76 Å². The molecular formula is C12H10ClN3O. The summed E-state index contributed by atoms with van der Waals surface area (Å²) in [6.45, 7) is 0.604. The third-order valence-corrected chi connectivity index (χ3v) is 2.74. The molecule has 0 unspecified atom stereocenters. The number of H-pyrrole nitrogens is 1. The van der Waals surface area contributed by atoms with Crippen molar-refractivity contribution in [3.63, 3.8) is 0 Å². The molecule has 0 fully saturated rings. The number of benzene rings is 1. The molecule has 2 aromatic heterocycles. The number of nitrogens with zero attached hydrogens (tertiary/aromatic N) is 1. The van der Waals surface area contributed by atoms with Gasteiger partial charge < -0.3 is 9.73 Å². The van der Waals surface area contributed by atoms with Gasteiger partial charge in [-0.3, -0.25) is 5.10 Å². The second kappa shape index (κ2) is 4.14. The lowest BCUT2D eigenvalue weighted by Crippen LogP contribution is -1.97. The maximum Gasteiger partial charge on any atom is 0.193 e. The zero-order valence-corrected chi connectivity index (χ0v) is 9.66. The van der Waals surface area contributed by atoms with Gasteiger partial charge in [-0.2, -0.15) is 5.10 Å². The molecule has 1 aromatic carbocycles. The van der Waals surface area contributed by atoms with Crippen molar-refractivity contribution in [2.24, 2.45) is 0 Å². The van der Waals surface area contributed by atoms with Crippen LogP contribution in [0.3, 0.4) is 0 Å². The lowest BCUT2D eigenvalue weighted by atomic mass is 10.2. The van der Waals surface area contributed by atoms with Crippen LogP contribution in [0, 0.1) is 0 Å². The molecule has 0 spiro atoms. The highest BCUT2D eigenvalue weighted by molar-refractivity contribution is 6.28. The van der Waals surface area contributed by atoms with Crippen molar-refractivity contribution < 1.29 is 4.42 Å². The first-order valence-electron chi connectivity index (χ1n) is 5.22. The zero-order chi connectivity index (χ0) is 11.7. The summed E-state index contributed by atoms with van der Waals surface area (Å²) >= 11 is 5.70. The quantitative estimate of drug-likeness (QED) is 0.746. The summed E-state index contributed by atoms with van der Waals surface area (Å²) in [5.41, 5.74) is 2.02. The largest absolute Gasteiger partial charge is 0.448 e. The van der Waals surface area contributed by atoms with E-state index in [4.69, 9.17) is 16.0 Å². The normalized spacial score (nSPS) is 10.9. The molecule has 0 bridgehead atoms. The van der Waals surface area contributed by atoms with Crippen molar-refractivity contribution in [3.05, 3.63) is 47.5 Å². The summed E-state index contributed by atoms with van der Waals surface area (Å²) < 4.78 is 5.26. The highest BCUT2D eigenvalue weighted by Gasteiger charge is 2.01. The van der Waals surface area contributed by atoms with E-state index in [1.54, 1.807) is 12.3 Å². The molecule has 0 aliphatic rings. The van der Waals surface area contributed by atoms with Crippen molar-refractivity contribution in [1.29, 1.82) is 0 Å². The molecule has 0 radical (unpaired) electrons. The predicted octanol–water partition coefficient (Wildman–Crippen LogP) is 3.42. The molecule has 17 heavy (non-hydrogen) atoms. The monoisotopic (exact) mass is 247 g/mol. The number of aromatic nitrogens is 2. The molecule has 0 aliphatic heterocycles. The Balaban J connectivity index is 1.76. The minimum Gasteiger partial charge on any atom is -0.448 e. The smallest absolute Gasteiger partial charge is 0.193 e. The van der Waals surface area contributed by atoms with Crippen molar-refractivity contribution in [1.82, 2.24) is 10.2 Å². The second-order valence-electron chi connectivity index (χ2n) is 3.73. The number of anilines is 1. The van der Waals surface area contributed by atoms with E-state index < -0.39 is 0 Å². The van der Waals surface area contributed by atoms with E-state index in [1.165, 1.54) is 0 Å². The lowest BCUT2D eigenvalue weighted by molar-refractivity contribution is 0.520. The Labute approximate surface area is 103 Å². The first-order chi connectivity index (χ1) is 8.31. The van der Waals surface area contributed by atoms with E-state index in [9.17, 15) is 0 Å². The van der Waals surface area contributed by atoms with Crippen molar-refractivity contribution >= 4 is 28.2 Å². The maximum absolute atomic E-state index is 5.70. The Bertz CT molecular complexity index is 644. The second-order valence-corrected chi connectivity index (χ2v) is 4.10. The van der Waals surface area contributed by atoms with Gasteiger partial charge in [0.2, 0.25) is 0 Å². The van der Waals surface area contributed by atoms with E-state index in [-0.39, 0.29) is 0 Å². The fourth-order valence-corrected chi connectivity index (χ4v) is 1.85. The molecule has 0 saturated carbocycles. The molecule has 2 N–H and O–H groups in total. The maximum atomic E-state index is 5.70. The average Bonchev–Trinajstić information content (AvgIpc) is 2.94. The van der Waals surface area contributed by atoms with Gasteiger partial charge in [-0.25, -0.2) is 0 Å². The Morgan fingerprint density at radius 2 is 2.24 bits per heavy atom. The van der Waals surface area contributed by atoms with Crippen molar-refractivity contribution in [2.75, 3.05) is 5.32 Å². The first kappa shape index (κ1) is 10.2. The SMILES string of the molecule is Clc1ccc(CNc2ccc3cn[nH]c3c2)o1. The predicted molar refractivity (Wildman–Crippen MR) is 67.1 cm³/mol. The molecule has 0 amide bonds. The van der Waals surface area contributed by atoms with Gasteiger partial charge in [-0.1, -0.05) is 0 Å². The molecule has 2 heterocycles. The van der Waals surface area contributed by atoms with Crippen LogP contribution in [0.15, 0.2) is 40.9 Å². The topological polar surface area (TPSA) is 53.9 Å². The van der Waals surface area contributed by atoms with E-state index >= 15 is 0 Å². The Morgan fingerprint density at radius 3 is 3.06 bits per heavy atom. The van der Waals surface area contributed by atoms with E-state index in [1.807, 2.05) is 24.3 Å². The third-order valence-electron chi connectivity index (χ3n) is 2.54. The standard InChI is InChI=1S/C12H10ClN3O/c13-12-4-3-10(17-12)7-14-9-2-1-8-6-15-16-11(8)5-9/h1-6,14H,7H2,(H,15,16). The summed E-state index contributed by atoms with van der Waals surface area (Å²) in [5.74, 6) is 0.805. The molecular weight excluding hydrogens is 238 g/mol. The summed E-state index contributed by atoms with van der Waals surface area (Å²) in [5, 5.41) is 11.7. The van der Waals surface area contributed by atoms with Crippen LogP contribution in [0.2, 0.25) is 5.22 Å². The van der Waals surface area contributed by atoms with Crippen LogP contribution in [0.25, 0.3) is 10.9 Å². The van der Waals surface area contributed by atoms with E-state index in [2.05, 4.69) is 15.5 Å². The van der Waals surface area contributed by atoms with Gasteiger partial charge in [0.15, 0.2) is 5.22 Å². The fourth-order valence-electron chi connectivity index (χ4n) is 1.68. The molecule has 5 heteroatoms. The van der Waals surface area contributed by atoms with Gasteiger partial charge in [0, 0.05) is 11.1 Å². The summed E-state index contributed by atoms with van der Waals surface area (Å²) in [7, 11) is 0. The zero-order valence-electron chi connectivity index (χ0n) is 8.90. The Hall–Kier alpha value is -1.94. The molecule has 0 saturated heterocycles. The van der Waals surface area contributed by atoms with Gasteiger partial charge >= 0.3 is 0 Å². The van der Waals surface area contributed by atoms with Crippen LogP contribution in [0.5, 0.6) is 0 Å². The minimum absolute atomic E-state index is 0.408. The molecule has 0 atom stereocenters. The third kappa shape index (κ3) is 2.12. The van der Waals surface area contributed by atoms with Gasteiger partial charge in [0.05, 0.1) is 18.3 Å². The number of fused-ring (bicyclic) bond motifs is 1. The number of rotatable bonds is 3. The molecule has 3 aromatic rings. The highest BCUT2D eigenvalue weighted by Crippen LogP contribution is 2.18. The number of aromatic amines is 1. The lowest BCUT2D eigenvalue weighted by Gasteiger charge is -2.03. The average molecular weight is 248 g/mol. The molecule has 3 rings (SSSR count). The highest BCUT2D eigenvalue weighted by atomic mass is 35.5. The van der Waals surface area contributed by atoms with Crippen LogP contribution in [0.1, 0.15) is 5.76 Å². The summed E-state index contributed by atoms with van der Waals surface area (Å²) in [6, 6.07) is 9.60. The van der Waals surface area contributed by atoms with Gasteiger partial charge in [-0.15, -0.1) is 0 Å². The summed E-state index contributed by atoms with van der Waals surface area (Å²) in [4.78, 5) is 0. The number of furan rings is 1. The Kier molecular flexibility index (Phi) is 2.49. The minimum atomic E-state index is 0.408. The van der Waals surface area contributed by atoms with Crippen LogP contribution in [0.4, 0.5) is 5.69 Å². The van der Waals surface area contributed by atoms with Crippen molar-refractivity contribution in [3.8, 4) is 0 Å². The first-order valence-corrected chi connectivity index (χ1v) is 5.60. The number of halogens is 1. The Morgan fingerprint density at radius 1 is 1.29 bits per heavy atom. The molecule has 0 aliphatic carbocycles.